The number of benzene rings is 1. The van der Waals surface area contributed by atoms with Gasteiger partial charge in [0.25, 0.3) is 0 Å². The number of Topliss-reactive ketones (excluding diaryl/α,β-unsaturated/α-hetero) is 1. The van der Waals surface area contributed by atoms with Crippen molar-refractivity contribution >= 4 is 5.78 Å². The van der Waals surface area contributed by atoms with E-state index in [0.717, 1.165) is 31.5 Å². The molecule has 3 heteroatoms. The van der Waals surface area contributed by atoms with Gasteiger partial charge < -0.3 is 4.57 Å². The van der Waals surface area contributed by atoms with Crippen molar-refractivity contribution in [2.75, 3.05) is 0 Å². The van der Waals surface area contributed by atoms with E-state index < -0.39 is 0 Å². The number of hydrogen-bond donors (Lipinski definition) is 0. The van der Waals surface area contributed by atoms with Crippen LogP contribution in [0.25, 0.3) is 0 Å². The van der Waals surface area contributed by atoms with Crippen molar-refractivity contribution in [1.29, 1.82) is 0 Å². The summed E-state index contributed by atoms with van der Waals surface area (Å²) in [6, 6.07) is 8.50. The fourth-order valence-electron chi connectivity index (χ4n) is 3.05. The lowest BCUT2D eigenvalue weighted by Gasteiger charge is -2.23. The highest BCUT2D eigenvalue weighted by Crippen LogP contribution is 2.26. The molecular weight excluding hydrogens is 248 g/mol. The molecule has 1 aromatic heterocycles. The Balaban J connectivity index is 1.60. The van der Waals surface area contributed by atoms with Crippen LogP contribution in [-0.4, -0.2) is 15.3 Å². The molecule has 2 aromatic rings. The maximum Gasteiger partial charge on any atom is 0.136 e. The summed E-state index contributed by atoms with van der Waals surface area (Å²) < 4.78 is 1.99. The summed E-state index contributed by atoms with van der Waals surface area (Å²) in [7, 11) is 1.98. The van der Waals surface area contributed by atoms with Crippen molar-refractivity contribution in [3.05, 3.63) is 53.6 Å². The number of imidazole rings is 1. The van der Waals surface area contributed by atoms with Crippen molar-refractivity contribution in [3.8, 4) is 0 Å². The molecule has 0 saturated heterocycles. The Labute approximate surface area is 119 Å². The summed E-state index contributed by atoms with van der Waals surface area (Å²) in [6.07, 6.45) is 8.02. The predicted molar refractivity (Wildman–Crippen MR) is 78.5 cm³/mol. The third-order valence-electron chi connectivity index (χ3n) is 4.32. The highest BCUT2D eigenvalue weighted by Gasteiger charge is 2.24. The number of carbonyl (C=O) groups is 1. The summed E-state index contributed by atoms with van der Waals surface area (Å²) in [5.74, 6) is 1.59. The second kappa shape index (κ2) is 5.61. The van der Waals surface area contributed by atoms with Crippen LogP contribution in [-0.2, 0) is 31.1 Å². The van der Waals surface area contributed by atoms with Crippen LogP contribution in [0.1, 0.15) is 29.8 Å². The summed E-state index contributed by atoms with van der Waals surface area (Å²) in [4.78, 5) is 16.7. The Kier molecular flexibility index (Phi) is 3.68. The molecule has 0 radical (unpaired) electrons. The minimum Gasteiger partial charge on any atom is -0.338 e. The highest BCUT2D eigenvalue weighted by molar-refractivity contribution is 5.81. The minimum atomic E-state index is 0.199. The topological polar surface area (TPSA) is 34.9 Å². The van der Waals surface area contributed by atoms with Gasteiger partial charge in [-0.3, -0.25) is 4.79 Å². The maximum atomic E-state index is 12.4. The summed E-state index contributed by atoms with van der Waals surface area (Å²) >= 11 is 0. The first-order valence-electron chi connectivity index (χ1n) is 7.30. The molecule has 104 valence electrons. The van der Waals surface area contributed by atoms with Crippen LogP contribution < -0.4 is 0 Å². The molecule has 1 aromatic carbocycles. The van der Waals surface area contributed by atoms with Gasteiger partial charge in [-0.05, 0) is 30.4 Å². The molecule has 0 fully saturated rings. The van der Waals surface area contributed by atoms with Crippen molar-refractivity contribution in [2.45, 2.75) is 32.1 Å². The molecular formula is C17H20N2O. The van der Waals surface area contributed by atoms with E-state index in [4.69, 9.17) is 0 Å². The quantitative estimate of drug-likeness (QED) is 0.854. The number of nitrogens with zero attached hydrogens (tertiary/aromatic N) is 2. The SMILES string of the molecule is Cn1ccnc1CCC(=O)C1CCc2ccccc2C1. The zero-order valence-corrected chi connectivity index (χ0v) is 11.9. The molecule has 1 aliphatic carbocycles. The largest absolute Gasteiger partial charge is 0.338 e. The molecule has 0 aliphatic heterocycles. The van der Waals surface area contributed by atoms with Gasteiger partial charge in [0.1, 0.15) is 11.6 Å². The van der Waals surface area contributed by atoms with Crippen molar-refractivity contribution in [1.82, 2.24) is 9.55 Å². The predicted octanol–water partition coefficient (Wildman–Crippen LogP) is 2.73. The summed E-state index contributed by atoms with van der Waals surface area (Å²) in [6.45, 7) is 0. The first-order valence-corrected chi connectivity index (χ1v) is 7.30. The number of hydrogen-bond acceptors (Lipinski definition) is 2. The van der Waals surface area contributed by atoms with E-state index in [1.807, 2.05) is 17.8 Å². The van der Waals surface area contributed by atoms with Crippen molar-refractivity contribution in [2.24, 2.45) is 13.0 Å². The van der Waals surface area contributed by atoms with Crippen LogP contribution in [0.4, 0.5) is 0 Å². The molecule has 0 N–H and O–H groups in total. The van der Waals surface area contributed by atoms with E-state index in [9.17, 15) is 4.79 Å². The van der Waals surface area contributed by atoms with Gasteiger partial charge in [-0.2, -0.15) is 0 Å². The number of aromatic nitrogens is 2. The van der Waals surface area contributed by atoms with Gasteiger partial charge in [0, 0.05) is 38.2 Å². The number of ketones is 1. The molecule has 0 amide bonds. The van der Waals surface area contributed by atoms with E-state index in [-0.39, 0.29) is 5.92 Å². The Morgan fingerprint density at radius 2 is 2.15 bits per heavy atom. The molecule has 3 nitrogen and oxygen atoms in total. The fourth-order valence-corrected chi connectivity index (χ4v) is 3.05. The number of carbonyl (C=O) groups excluding carboxylic acids is 1. The minimum absolute atomic E-state index is 0.199. The van der Waals surface area contributed by atoms with Crippen molar-refractivity contribution < 1.29 is 4.79 Å². The first kappa shape index (κ1) is 13.1. The molecule has 3 rings (SSSR count). The molecule has 1 atom stereocenters. The van der Waals surface area contributed by atoms with Crippen LogP contribution in [0.2, 0.25) is 0 Å². The van der Waals surface area contributed by atoms with E-state index in [1.165, 1.54) is 11.1 Å². The monoisotopic (exact) mass is 268 g/mol. The van der Waals surface area contributed by atoms with Gasteiger partial charge in [0.2, 0.25) is 0 Å². The van der Waals surface area contributed by atoms with Gasteiger partial charge in [-0.1, -0.05) is 24.3 Å². The number of fused-ring (bicyclic) bond motifs is 1. The average molecular weight is 268 g/mol. The molecule has 1 heterocycles. The van der Waals surface area contributed by atoms with Crippen LogP contribution in [0, 0.1) is 5.92 Å². The van der Waals surface area contributed by atoms with E-state index >= 15 is 0 Å². The summed E-state index contributed by atoms with van der Waals surface area (Å²) in [5, 5.41) is 0. The third-order valence-corrected chi connectivity index (χ3v) is 4.32. The first-order chi connectivity index (χ1) is 9.74. The van der Waals surface area contributed by atoms with Crippen LogP contribution in [0.5, 0.6) is 0 Å². The smallest absolute Gasteiger partial charge is 0.136 e. The standard InChI is InChI=1S/C17H20N2O/c1-19-11-10-18-17(19)9-8-16(20)15-7-6-13-4-2-3-5-14(13)12-15/h2-5,10-11,15H,6-9,12H2,1H3. The Morgan fingerprint density at radius 3 is 2.90 bits per heavy atom. The second-order valence-corrected chi connectivity index (χ2v) is 5.63. The van der Waals surface area contributed by atoms with Gasteiger partial charge >= 0.3 is 0 Å². The highest BCUT2D eigenvalue weighted by atomic mass is 16.1. The number of aryl methyl sites for hydroxylation is 3. The molecule has 20 heavy (non-hydrogen) atoms. The van der Waals surface area contributed by atoms with E-state index in [2.05, 4.69) is 29.2 Å². The van der Waals surface area contributed by atoms with Crippen LogP contribution in [0.3, 0.4) is 0 Å². The molecule has 1 aliphatic rings. The van der Waals surface area contributed by atoms with Gasteiger partial charge in [0.15, 0.2) is 0 Å². The Hall–Kier alpha value is -1.90. The van der Waals surface area contributed by atoms with E-state index in [0.29, 0.717) is 12.2 Å². The van der Waals surface area contributed by atoms with Gasteiger partial charge in [-0.15, -0.1) is 0 Å². The van der Waals surface area contributed by atoms with E-state index in [1.54, 1.807) is 6.20 Å². The third kappa shape index (κ3) is 2.67. The van der Waals surface area contributed by atoms with Crippen LogP contribution in [0.15, 0.2) is 36.7 Å². The lowest BCUT2D eigenvalue weighted by atomic mass is 9.81. The summed E-state index contributed by atoms with van der Waals surface area (Å²) in [5.41, 5.74) is 2.77. The lowest BCUT2D eigenvalue weighted by molar-refractivity contribution is -0.123. The number of rotatable bonds is 4. The normalized spacial score (nSPS) is 17.8. The Morgan fingerprint density at radius 1 is 1.35 bits per heavy atom. The Bertz CT molecular complexity index is 615. The molecule has 0 bridgehead atoms. The lowest BCUT2D eigenvalue weighted by Crippen LogP contribution is -2.23. The molecule has 0 spiro atoms. The van der Waals surface area contributed by atoms with Crippen molar-refractivity contribution in [3.63, 3.8) is 0 Å². The average Bonchev–Trinajstić information content (AvgIpc) is 2.89. The molecule has 1 unspecified atom stereocenters. The fraction of sp³-hybridized carbons (Fsp3) is 0.412. The second-order valence-electron chi connectivity index (χ2n) is 5.63. The maximum absolute atomic E-state index is 12.4. The zero-order chi connectivity index (χ0) is 13.9. The van der Waals surface area contributed by atoms with Crippen LogP contribution >= 0.6 is 0 Å². The zero-order valence-electron chi connectivity index (χ0n) is 11.9. The van der Waals surface area contributed by atoms with Gasteiger partial charge in [-0.25, -0.2) is 4.98 Å². The molecule has 0 saturated carbocycles. The van der Waals surface area contributed by atoms with Gasteiger partial charge in [0.05, 0.1) is 0 Å².